The third kappa shape index (κ3) is 1.91. The number of rotatable bonds is 2. The summed E-state index contributed by atoms with van der Waals surface area (Å²) in [6.07, 6.45) is 0. The minimum Gasteiger partial charge on any atom is -0.398 e. The highest BCUT2D eigenvalue weighted by molar-refractivity contribution is 6.11. The molecule has 0 fully saturated rings. The fourth-order valence-electron chi connectivity index (χ4n) is 1.95. The molecule has 86 valence electrons. The van der Waals surface area contributed by atoms with Crippen LogP contribution >= 0.6 is 0 Å². The number of carbonyl (C=O) groups is 2. The van der Waals surface area contributed by atoms with Crippen molar-refractivity contribution < 1.29 is 9.59 Å². The van der Waals surface area contributed by atoms with Gasteiger partial charge in [0.25, 0.3) is 0 Å². The molecule has 0 aromatic heterocycles. The zero-order chi connectivity index (χ0) is 12.6. The summed E-state index contributed by atoms with van der Waals surface area (Å²) in [7, 11) is 0. The summed E-state index contributed by atoms with van der Waals surface area (Å²) in [5.74, 6) is -0.113. The van der Waals surface area contributed by atoms with E-state index in [9.17, 15) is 9.59 Å². The first-order valence-electron chi connectivity index (χ1n) is 5.35. The molecule has 0 aliphatic rings. The van der Waals surface area contributed by atoms with Gasteiger partial charge in [0.2, 0.25) is 0 Å². The standard InChI is InChI=1S/C14H13NO2/c1-8(16)11-5-3-4-10-6-14(15)12(9(2)17)7-13(10)11/h3-7H,15H2,1-2H3. The summed E-state index contributed by atoms with van der Waals surface area (Å²) in [4.78, 5) is 22.9. The van der Waals surface area contributed by atoms with Gasteiger partial charge in [0.15, 0.2) is 11.6 Å². The first kappa shape index (κ1) is 11.3. The highest BCUT2D eigenvalue weighted by Crippen LogP contribution is 2.25. The lowest BCUT2D eigenvalue weighted by Crippen LogP contribution is -2.01. The van der Waals surface area contributed by atoms with Crippen LogP contribution in [0.1, 0.15) is 34.6 Å². The molecule has 0 heterocycles. The van der Waals surface area contributed by atoms with Gasteiger partial charge in [0.1, 0.15) is 0 Å². The molecule has 2 aromatic rings. The van der Waals surface area contributed by atoms with Crippen LogP contribution in [0.4, 0.5) is 5.69 Å². The molecule has 0 atom stereocenters. The summed E-state index contributed by atoms with van der Waals surface area (Å²) < 4.78 is 0. The molecule has 2 N–H and O–H groups in total. The largest absolute Gasteiger partial charge is 0.398 e. The monoisotopic (exact) mass is 227 g/mol. The van der Waals surface area contributed by atoms with Crippen LogP contribution in [0.25, 0.3) is 10.8 Å². The van der Waals surface area contributed by atoms with Gasteiger partial charge in [-0.15, -0.1) is 0 Å². The van der Waals surface area contributed by atoms with Crippen molar-refractivity contribution in [2.24, 2.45) is 0 Å². The zero-order valence-corrected chi connectivity index (χ0v) is 9.78. The van der Waals surface area contributed by atoms with Crippen LogP contribution in [0.15, 0.2) is 30.3 Å². The number of hydrogen-bond donors (Lipinski definition) is 1. The van der Waals surface area contributed by atoms with Crippen LogP contribution in [0.2, 0.25) is 0 Å². The number of fused-ring (bicyclic) bond motifs is 1. The Morgan fingerprint density at radius 3 is 2.24 bits per heavy atom. The van der Waals surface area contributed by atoms with Crippen molar-refractivity contribution >= 4 is 28.0 Å². The highest BCUT2D eigenvalue weighted by Gasteiger charge is 2.10. The predicted octanol–water partition coefficient (Wildman–Crippen LogP) is 2.83. The van der Waals surface area contributed by atoms with Crippen molar-refractivity contribution in [1.29, 1.82) is 0 Å². The third-order valence-electron chi connectivity index (χ3n) is 2.81. The minimum absolute atomic E-state index is 0.0186. The van der Waals surface area contributed by atoms with Crippen LogP contribution in [0.5, 0.6) is 0 Å². The molecule has 3 heteroatoms. The molecule has 2 rings (SSSR count). The summed E-state index contributed by atoms with van der Waals surface area (Å²) in [6, 6.07) is 8.88. The molecular weight excluding hydrogens is 214 g/mol. The van der Waals surface area contributed by atoms with Gasteiger partial charge in [-0.05, 0) is 36.8 Å². The van der Waals surface area contributed by atoms with Crippen LogP contribution in [0, 0.1) is 0 Å². The maximum Gasteiger partial charge on any atom is 0.161 e. The molecule has 2 aromatic carbocycles. The Morgan fingerprint density at radius 1 is 1.00 bits per heavy atom. The number of ketones is 2. The van der Waals surface area contributed by atoms with Gasteiger partial charge in [-0.3, -0.25) is 9.59 Å². The Balaban J connectivity index is 2.85. The predicted molar refractivity (Wildman–Crippen MR) is 68.4 cm³/mol. The Labute approximate surface area is 99.2 Å². The van der Waals surface area contributed by atoms with Crippen molar-refractivity contribution in [3.63, 3.8) is 0 Å². The van der Waals surface area contributed by atoms with E-state index in [1.54, 1.807) is 18.2 Å². The van der Waals surface area contributed by atoms with Crippen LogP contribution in [-0.2, 0) is 0 Å². The number of anilines is 1. The quantitative estimate of drug-likeness (QED) is 0.634. The van der Waals surface area contributed by atoms with Gasteiger partial charge in [0.05, 0.1) is 0 Å². The average Bonchev–Trinajstić information content (AvgIpc) is 2.26. The fourth-order valence-corrected chi connectivity index (χ4v) is 1.95. The Morgan fingerprint density at radius 2 is 1.65 bits per heavy atom. The van der Waals surface area contributed by atoms with Gasteiger partial charge in [-0.25, -0.2) is 0 Å². The van der Waals surface area contributed by atoms with E-state index in [1.165, 1.54) is 13.8 Å². The van der Waals surface area contributed by atoms with Crippen LogP contribution in [0.3, 0.4) is 0 Å². The van der Waals surface area contributed by atoms with Gasteiger partial charge in [-0.2, -0.15) is 0 Å². The molecule has 0 unspecified atom stereocenters. The number of Topliss-reactive ketones (excluding diaryl/α,β-unsaturated/α-hetero) is 2. The zero-order valence-electron chi connectivity index (χ0n) is 9.78. The maximum atomic E-state index is 11.5. The van der Waals surface area contributed by atoms with Crippen LogP contribution in [-0.4, -0.2) is 11.6 Å². The van der Waals surface area contributed by atoms with Gasteiger partial charge in [0, 0.05) is 16.8 Å². The van der Waals surface area contributed by atoms with Gasteiger partial charge in [-0.1, -0.05) is 18.2 Å². The van der Waals surface area contributed by atoms with E-state index in [0.717, 1.165) is 10.8 Å². The second-order valence-electron chi connectivity index (χ2n) is 4.08. The molecule has 0 spiro atoms. The number of hydrogen-bond acceptors (Lipinski definition) is 3. The van der Waals surface area contributed by atoms with E-state index in [-0.39, 0.29) is 11.6 Å². The smallest absolute Gasteiger partial charge is 0.161 e. The molecule has 0 bridgehead atoms. The fraction of sp³-hybridized carbons (Fsp3) is 0.143. The molecule has 0 aliphatic heterocycles. The summed E-state index contributed by atoms with van der Waals surface area (Å²) in [5, 5.41) is 1.65. The molecule has 0 saturated carbocycles. The second kappa shape index (κ2) is 4.01. The molecule has 3 nitrogen and oxygen atoms in total. The second-order valence-corrected chi connectivity index (χ2v) is 4.08. The summed E-state index contributed by atoms with van der Waals surface area (Å²) >= 11 is 0. The van der Waals surface area contributed by atoms with E-state index in [1.807, 2.05) is 12.1 Å². The average molecular weight is 227 g/mol. The lowest BCUT2D eigenvalue weighted by molar-refractivity contribution is 0.100. The molecule has 0 aliphatic carbocycles. The number of nitrogen functional groups attached to an aromatic ring is 1. The molecule has 0 saturated heterocycles. The van der Waals surface area contributed by atoms with Gasteiger partial charge < -0.3 is 5.73 Å². The van der Waals surface area contributed by atoms with Crippen molar-refractivity contribution in [2.45, 2.75) is 13.8 Å². The van der Waals surface area contributed by atoms with E-state index in [2.05, 4.69) is 0 Å². The van der Waals surface area contributed by atoms with E-state index >= 15 is 0 Å². The Hall–Kier alpha value is -2.16. The molecule has 0 radical (unpaired) electrons. The maximum absolute atomic E-state index is 11.5. The van der Waals surface area contributed by atoms with E-state index in [0.29, 0.717) is 16.8 Å². The molecule has 0 amide bonds. The number of benzene rings is 2. The van der Waals surface area contributed by atoms with E-state index < -0.39 is 0 Å². The normalized spacial score (nSPS) is 10.5. The third-order valence-corrected chi connectivity index (χ3v) is 2.81. The molecular formula is C14H13NO2. The Bertz CT molecular complexity index is 629. The SMILES string of the molecule is CC(=O)c1cc2c(C(C)=O)cccc2cc1N. The number of nitrogens with two attached hydrogens (primary N) is 1. The highest BCUT2D eigenvalue weighted by atomic mass is 16.1. The van der Waals surface area contributed by atoms with Crippen molar-refractivity contribution in [2.75, 3.05) is 5.73 Å². The van der Waals surface area contributed by atoms with Gasteiger partial charge >= 0.3 is 0 Å². The summed E-state index contributed by atoms with van der Waals surface area (Å²) in [6.45, 7) is 2.98. The van der Waals surface area contributed by atoms with E-state index in [4.69, 9.17) is 5.73 Å². The van der Waals surface area contributed by atoms with Crippen molar-refractivity contribution in [3.05, 3.63) is 41.5 Å². The minimum atomic E-state index is -0.0947. The van der Waals surface area contributed by atoms with Crippen molar-refractivity contribution in [1.82, 2.24) is 0 Å². The lowest BCUT2D eigenvalue weighted by atomic mass is 9.97. The lowest BCUT2D eigenvalue weighted by Gasteiger charge is -2.08. The topological polar surface area (TPSA) is 60.2 Å². The first-order chi connectivity index (χ1) is 8.00. The molecule has 17 heavy (non-hydrogen) atoms. The first-order valence-corrected chi connectivity index (χ1v) is 5.35. The number of carbonyl (C=O) groups excluding carboxylic acids is 2. The Kier molecular flexibility index (Phi) is 2.68. The van der Waals surface area contributed by atoms with Crippen LogP contribution < -0.4 is 5.73 Å². The summed E-state index contributed by atoms with van der Waals surface area (Å²) in [5.41, 5.74) is 7.34. The van der Waals surface area contributed by atoms with Crippen molar-refractivity contribution in [3.8, 4) is 0 Å².